The van der Waals surface area contributed by atoms with Crippen LogP contribution in [0, 0.1) is 0 Å². The Labute approximate surface area is 218 Å². The molecule has 8 heteroatoms. The molecule has 5 rings (SSSR count). The second-order valence-electron chi connectivity index (χ2n) is 8.42. The molecular weight excluding hydrogens is 488 g/mol. The van der Waals surface area contributed by atoms with Crippen molar-refractivity contribution in [2.75, 3.05) is 7.11 Å². The zero-order valence-electron chi connectivity index (χ0n) is 20.0. The summed E-state index contributed by atoms with van der Waals surface area (Å²) >= 11 is 6.08. The Morgan fingerprint density at radius 1 is 0.946 bits per heavy atom. The van der Waals surface area contributed by atoms with Crippen LogP contribution in [0.2, 0.25) is 5.02 Å². The van der Waals surface area contributed by atoms with E-state index in [4.69, 9.17) is 21.3 Å². The molecule has 0 fully saturated rings. The Balaban J connectivity index is 1.47. The minimum Gasteiger partial charge on any atom is -0.465 e. The lowest BCUT2D eigenvalue weighted by Crippen LogP contribution is -2.23. The van der Waals surface area contributed by atoms with E-state index in [1.54, 1.807) is 30.5 Å². The fourth-order valence-electron chi connectivity index (χ4n) is 4.07. The van der Waals surface area contributed by atoms with E-state index in [2.05, 4.69) is 14.9 Å². The van der Waals surface area contributed by atoms with Gasteiger partial charge in [-0.15, -0.1) is 0 Å². The predicted molar refractivity (Wildman–Crippen MR) is 142 cm³/mol. The van der Waals surface area contributed by atoms with E-state index in [1.807, 2.05) is 60.7 Å². The van der Waals surface area contributed by atoms with Crippen LogP contribution in [-0.2, 0) is 17.8 Å². The van der Waals surface area contributed by atoms with Crippen molar-refractivity contribution in [3.8, 4) is 11.4 Å². The Kier molecular flexibility index (Phi) is 6.96. The predicted octanol–water partition coefficient (Wildman–Crippen LogP) is 5.52. The average Bonchev–Trinajstić information content (AvgIpc) is 3.30. The first kappa shape index (κ1) is 24.2. The van der Waals surface area contributed by atoms with E-state index in [1.165, 1.54) is 7.11 Å². The molecule has 7 nitrogen and oxygen atoms in total. The maximum Gasteiger partial charge on any atom is 0.337 e. The van der Waals surface area contributed by atoms with Gasteiger partial charge in [0.25, 0.3) is 5.91 Å². The highest BCUT2D eigenvalue weighted by molar-refractivity contribution is 6.30. The van der Waals surface area contributed by atoms with Crippen molar-refractivity contribution in [2.24, 2.45) is 0 Å². The van der Waals surface area contributed by atoms with Crippen molar-refractivity contribution in [1.82, 2.24) is 19.9 Å². The number of amides is 1. The van der Waals surface area contributed by atoms with Gasteiger partial charge in [0.1, 0.15) is 5.82 Å². The highest BCUT2D eigenvalue weighted by Crippen LogP contribution is 2.27. The van der Waals surface area contributed by atoms with Gasteiger partial charge >= 0.3 is 5.97 Å². The lowest BCUT2D eigenvalue weighted by atomic mass is 10.1. The number of aromatic nitrogens is 3. The van der Waals surface area contributed by atoms with Gasteiger partial charge in [-0.25, -0.2) is 9.78 Å². The second-order valence-corrected chi connectivity index (χ2v) is 8.86. The lowest BCUT2D eigenvalue weighted by molar-refractivity contribution is 0.0600. The normalized spacial score (nSPS) is 10.9. The van der Waals surface area contributed by atoms with Crippen LogP contribution in [-0.4, -0.2) is 33.5 Å². The molecule has 37 heavy (non-hydrogen) atoms. The van der Waals surface area contributed by atoms with Crippen molar-refractivity contribution in [3.63, 3.8) is 0 Å². The molecule has 5 aromatic rings. The molecule has 0 aliphatic rings. The van der Waals surface area contributed by atoms with Gasteiger partial charge in [-0.2, -0.15) is 0 Å². The van der Waals surface area contributed by atoms with Crippen LogP contribution in [0.1, 0.15) is 32.0 Å². The lowest BCUT2D eigenvalue weighted by Gasteiger charge is -2.11. The molecule has 1 amide bonds. The minimum atomic E-state index is -0.420. The van der Waals surface area contributed by atoms with E-state index in [0.717, 1.165) is 22.3 Å². The van der Waals surface area contributed by atoms with Crippen LogP contribution in [0.5, 0.6) is 0 Å². The van der Waals surface area contributed by atoms with Crippen molar-refractivity contribution in [3.05, 3.63) is 119 Å². The van der Waals surface area contributed by atoms with Gasteiger partial charge in [-0.1, -0.05) is 41.9 Å². The van der Waals surface area contributed by atoms with Crippen LogP contribution in [0.3, 0.4) is 0 Å². The molecule has 0 unspecified atom stereocenters. The minimum absolute atomic E-state index is 0.186. The number of pyridine rings is 1. The summed E-state index contributed by atoms with van der Waals surface area (Å²) in [6.07, 6.45) is 1.69. The quantitative estimate of drug-likeness (QED) is 0.291. The van der Waals surface area contributed by atoms with Crippen LogP contribution in [0.4, 0.5) is 0 Å². The van der Waals surface area contributed by atoms with Gasteiger partial charge in [0.05, 0.1) is 35.9 Å². The molecule has 0 aliphatic carbocycles. The Hall–Kier alpha value is -4.49. The first-order valence-electron chi connectivity index (χ1n) is 11.6. The number of hydrogen-bond acceptors (Lipinski definition) is 5. The fourth-order valence-corrected chi connectivity index (χ4v) is 4.20. The number of carbonyl (C=O) groups is 2. The third-order valence-corrected chi connectivity index (χ3v) is 6.24. The molecule has 0 atom stereocenters. The topological polar surface area (TPSA) is 86.1 Å². The molecule has 2 aromatic heterocycles. The second kappa shape index (κ2) is 10.6. The summed E-state index contributed by atoms with van der Waals surface area (Å²) in [6, 6.07) is 25.8. The molecule has 0 spiro atoms. The van der Waals surface area contributed by atoms with Gasteiger partial charge < -0.3 is 14.6 Å². The highest BCUT2D eigenvalue weighted by atomic mass is 35.5. The van der Waals surface area contributed by atoms with Crippen LogP contribution < -0.4 is 5.32 Å². The number of imidazole rings is 1. The molecular formula is C29H23ClN4O3. The third kappa shape index (κ3) is 5.37. The number of methoxy groups -OCH3 is 1. The SMILES string of the molecule is COC(=O)c1ccc2c(c1)nc(-c1ccc(C(=O)NCc3ccccn3)cc1)n2Cc1ccc(Cl)cc1. The third-order valence-electron chi connectivity index (χ3n) is 5.98. The first-order chi connectivity index (χ1) is 18.0. The molecule has 2 heterocycles. The summed E-state index contributed by atoms with van der Waals surface area (Å²) in [5, 5.41) is 3.56. The number of fused-ring (bicyclic) bond motifs is 1. The maximum atomic E-state index is 12.7. The summed E-state index contributed by atoms with van der Waals surface area (Å²) in [6.45, 7) is 0.897. The van der Waals surface area contributed by atoms with Crippen molar-refractivity contribution in [1.29, 1.82) is 0 Å². The van der Waals surface area contributed by atoms with E-state index < -0.39 is 5.97 Å². The number of carbonyl (C=O) groups excluding carboxylic acids is 2. The van der Waals surface area contributed by atoms with Gasteiger partial charge in [0, 0.05) is 28.9 Å². The van der Waals surface area contributed by atoms with E-state index in [-0.39, 0.29) is 5.91 Å². The van der Waals surface area contributed by atoms with Crippen molar-refractivity contribution in [2.45, 2.75) is 13.1 Å². The monoisotopic (exact) mass is 510 g/mol. The van der Waals surface area contributed by atoms with Crippen LogP contribution >= 0.6 is 11.6 Å². The maximum absolute atomic E-state index is 12.7. The number of benzene rings is 3. The highest BCUT2D eigenvalue weighted by Gasteiger charge is 2.16. The first-order valence-corrected chi connectivity index (χ1v) is 12.0. The number of halogens is 1. The zero-order chi connectivity index (χ0) is 25.8. The molecule has 184 valence electrons. The molecule has 0 saturated heterocycles. The summed E-state index contributed by atoms with van der Waals surface area (Å²) in [7, 11) is 1.35. The molecule has 0 bridgehead atoms. The smallest absolute Gasteiger partial charge is 0.337 e. The summed E-state index contributed by atoms with van der Waals surface area (Å²) in [5.74, 6) is 0.110. The fraction of sp³-hybridized carbons (Fsp3) is 0.103. The van der Waals surface area contributed by atoms with E-state index >= 15 is 0 Å². The average molecular weight is 511 g/mol. The molecule has 0 aliphatic heterocycles. The molecule has 0 saturated carbocycles. The number of ether oxygens (including phenoxy) is 1. The number of rotatable bonds is 7. The standard InChI is InChI=1S/C29H23ClN4O3/c1-37-29(36)22-11-14-26-25(16-22)33-27(34(26)18-19-5-12-23(30)13-6-19)20-7-9-21(10-8-20)28(35)32-17-24-4-2-3-15-31-24/h2-16H,17-18H2,1H3,(H,32,35). The van der Waals surface area contributed by atoms with Gasteiger partial charge in [0.15, 0.2) is 0 Å². The Morgan fingerprint density at radius 2 is 1.70 bits per heavy atom. The summed E-state index contributed by atoms with van der Waals surface area (Å²) in [4.78, 5) is 33.8. The van der Waals surface area contributed by atoms with Crippen molar-refractivity contribution < 1.29 is 14.3 Å². The Bertz CT molecular complexity index is 1560. The Morgan fingerprint density at radius 3 is 2.41 bits per heavy atom. The van der Waals surface area contributed by atoms with Crippen LogP contribution in [0.25, 0.3) is 22.4 Å². The largest absolute Gasteiger partial charge is 0.465 e. The van der Waals surface area contributed by atoms with Gasteiger partial charge in [0.2, 0.25) is 0 Å². The summed E-state index contributed by atoms with van der Waals surface area (Å²) in [5.41, 5.74) is 5.18. The number of esters is 1. The summed E-state index contributed by atoms with van der Waals surface area (Å²) < 4.78 is 6.95. The van der Waals surface area contributed by atoms with Gasteiger partial charge in [-0.05, 0) is 60.2 Å². The number of nitrogens with zero attached hydrogens (tertiary/aromatic N) is 3. The molecule has 0 radical (unpaired) electrons. The van der Waals surface area contributed by atoms with Crippen molar-refractivity contribution >= 4 is 34.5 Å². The number of nitrogens with one attached hydrogen (secondary N) is 1. The molecule has 1 N–H and O–H groups in total. The number of hydrogen-bond donors (Lipinski definition) is 1. The molecule has 3 aromatic carbocycles. The zero-order valence-corrected chi connectivity index (χ0v) is 20.8. The van der Waals surface area contributed by atoms with Gasteiger partial charge in [-0.3, -0.25) is 9.78 Å². The van der Waals surface area contributed by atoms with E-state index in [9.17, 15) is 9.59 Å². The van der Waals surface area contributed by atoms with E-state index in [0.29, 0.717) is 40.6 Å². The van der Waals surface area contributed by atoms with Crippen LogP contribution in [0.15, 0.2) is 91.1 Å².